The van der Waals surface area contributed by atoms with Gasteiger partial charge in [-0.3, -0.25) is 0 Å². The third-order valence-electron chi connectivity index (χ3n) is 7.17. The van der Waals surface area contributed by atoms with Gasteiger partial charge in [-0.2, -0.15) is 0 Å². The lowest BCUT2D eigenvalue weighted by Gasteiger charge is -2.28. The molecular formula is C31H42FN5O5S2. The monoisotopic (exact) mass is 647 g/mol. The summed E-state index contributed by atoms with van der Waals surface area (Å²) in [6, 6.07) is 4.36. The molecule has 0 saturated heterocycles. The minimum atomic E-state index is -3.98. The number of amides is 3. The van der Waals surface area contributed by atoms with Gasteiger partial charge in [-0.15, -0.1) is 11.3 Å². The summed E-state index contributed by atoms with van der Waals surface area (Å²) in [5, 5.41) is 9.34. The molecular weight excluding hydrogens is 606 g/mol. The van der Waals surface area contributed by atoms with Crippen LogP contribution in [0.25, 0.3) is 10.4 Å². The van der Waals surface area contributed by atoms with Crippen molar-refractivity contribution in [2.45, 2.75) is 95.2 Å². The van der Waals surface area contributed by atoms with E-state index in [4.69, 9.17) is 4.74 Å². The number of sulfonamides is 1. The summed E-state index contributed by atoms with van der Waals surface area (Å²) in [4.78, 5) is 30.0. The van der Waals surface area contributed by atoms with Crippen LogP contribution in [0, 0.1) is 5.92 Å². The second-order valence-electron chi connectivity index (χ2n) is 12.6. The zero-order valence-electron chi connectivity index (χ0n) is 25.8. The van der Waals surface area contributed by atoms with Gasteiger partial charge in [0.15, 0.2) is 0 Å². The number of carbonyl (C=O) groups is 2. The van der Waals surface area contributed by atoms with Crippen molar-refractivity contribution < 1.29 is 27.1 Å². The molecule has 10 nitrogen and oxygen atoms in total. The van der Waals surface area contributed by atoms with Crippen LogP contribution in [0.15, 0.2) is 53.3 Å². The molecule has 0 radical (unpaired) electrons. The molecule has 240 valence electrons. The third kappa shape index (κ3) is 9.60. The molecule has 0 spiro atoms. The van der Waals surface area contributed by atoms with E-state index < -0.39 is 27.7 Å². The number of aromatic nitrogens is 1. The summed E-state index contributed by atoms with van der Waals surface area (Å²) in [5.41, 5.74) is 0.0764. The Morgan fingerprint density at radius 1 is 1.16 bits per heavy atom. The Hall–Kier alpha value is -3.29. The first-order valence-electron chi connectivity index (χ1n) is 14.9. The van der Waals surface area contributed by atoms with Crippen molar-refractivity contribution in [1.82, 2.24) is 20.3 Å². The number of hydrogen-bond acceptors (Lipinski definition) is 7. The van der Waals surface area contributed by atoms with E-state index in [2.05, 4.69) is 25.7 Å². The Kier molecular flexibility index (Phi) is 10.9. The molecule has 1 saturated carbocycles. The highest BCUT2D eigenvalue weighted by atomic mass is 32.2. The molecule has 1 fully saturated rings. The van der Waals surface area contributed by atoms with Crippen LogP contribution in [0.1, 0.15) is 77.6 Å². The summed E-state index contributed by atoms with van der Waals surface area (Å²) in [5.74, 6) is -0.110. The first-order chi connectivity index (χ1) is 20.7. The number of hydrogen-bond donors (Lipinski definition) is 4. The maximum absolute atomic E-state index is 13.6. The Morgan fingerprint density at radius 2 is 1.89 bits per heavy atom. The number of benzene rings is 1. The fourth-order valence-corrected chi connectivity index (χ4v) is 8.03. The summed E-state index contributed by atoms with van der Waals surface area (Å²) >= 11 is 1.46. The molecule has 3 amide bonds. The summed E-state index contributed by atoms with van der Waals surface area (Å²) in [6.07, 6.45) is 9.46. The van der Waals surface area contributed by atoms with Crippen LogP contribution in [0.4, 0.5) is 19.7 Å². The van der Waals surface area contributed by atoms with Gasteiger partial charge in [-0.25, -0.2) is 32.1 Å². The SMILES string of the molecule is CC(C)OC(=O)NC1CCC(c2ncc(-c3ccc(NC(=O)NCC4C=CC(F)=CC4)cc3S(=O)(=O)NC(C)(C)C)s2)CC1. The van der Waals surface area contributed by atoms with Gasteiger partial charge in [0.25, 0.3) is 0 Å². The number of nitrogens with zero attached hydrogens (tertiary/aromatic N) is 1. The van der Waals surface area contributed by atoms with Crippen LogP contribution >= 0.6 is 11.3 Å². The zero-order chi connectivity index (χ0) is 32.1. The number of carbonyl (C=O) groups excluding carboxylic acids is 2. The number of urea groups is 1. The Bertz CT molecular complexity index is 1510. The maximum Gasteiger partial charge on any atom is 0.407 e. The lowest BCUT2D eigenvalue weighted by Crippen LogP contribution is -2.40. The van der Waals surface area contributed by atoms with Gasteiger partial charge in [0.05, 0.1) is 20.9 Å². The average molecular weight is 648 g/mol. The van der Waals surface area contributed by atoms with E-state index in [9.17, 15) is 22.4 Å². The number of allylic oxidation sites excluding steroid dienone is 3. The van der Waals surface area contributed by atoms with Crippen LogP contribution in [0.5, 0.6) is 0 Å². The van der Waals surface area contributed by atoms with Gasteiger partial charge in [0.2, 0.25) is 10.0 Å². The lowest BCUT2D eigenvalue weighted by atomic mass is 9.86. The van der Waals surface area contributed by atoms with Crippen LogP contribution < -0.4 is 20.7 Å². The maximum atomic E-state index is 13.6. The number of rotatable bonds is 9. The van der Waals surface area contributed by atoms with Crippen molar-refractivity contribution in [2.24, 2.45) is 5.92 Å². The van der Waals surface area contributed by atoms with E-state index in [1.54, 1.807) is 45.2 Å². The molecule has 2 aliphatic rings. The first kappa shape index (κ1) is 33.6. The number of ether oxygens (including phenoxy) is 1. The lowest BCUT2D eigenvalue weighted by molar-refractivity contribution is 0.109. The smallest absolute Gasteiger partial charge is 0.407 e. The molecule has 44 heavy (non-hydrogen) atoms. The predicted octanol–water partition coefficient (Wildman–Crippen LogP) is 6.60. The van der Waals surface area contributed by atoms with Crippen LogP contribution in [0.2, 0.25) is 0 Å². The van der Waals surface area contributed by atoms with E-state index in [0.717, 1.165) is 30.7 Å². The van der Waals surface area contributed by atoms with Crippen LogP contribution in [-0.2, 0) is 14.8 Å². The zero-order valence-corrected chi connectivity index (χ0v) is 27.4. The number of halogens is 1. The molecule has 0 bridgehead atoms. The molecule has 1 aromatic heterocycles. The Labute approximate surface area is 263 Å². The fraction of sp³-hybridized carbons (Fsp3) is 0.516. The molecule has 1 aromatic carbocycles. The summed E-state index contributed by atoms with van der Waals surface area (Å²) in [6.45, 7) is 9.22. The van der Waals surface area contributed by atoms with Crippen molar-refractivity contribution >= 4 is 39.2 Å². The average Bonchev–Trinajstić information content (AvgIpc) is 3.42. The molecule has 1 unspecified atom stereocenters. The second kappa shape index (κ2) is 14.2. The highest BCUT2D eigenvalue weighted by molar-refractivity contribution is 7.89. The predicted molar refractivity (Wildman–Crippen MR) is 171 cm³/mol. The minimum Gasteiger partial charge on any atom is -0.447 e. The first-order valence-corrected chi connectivity index (χ1v) is 17.2. The molecule has 2 aromatic rings. The molecule has 13 heteroatoms. The van der Waals surface area contributed by atoms with Crippen molar-refractivity contribution in [3.63, 3.8) is 0 Å². The highest BCUT2D eigenvalue weighted by Crippen LogP contribution is 2.40. The number of anilines is 1. The van der Waals surface area contributed by atoms with Gasteiger partial charge in [0, 0.05) is 41.5 Å². The third-order valence-corrected chi connectivity index (χ3v) is 10.2. The van der Waals surface area contributed by atoms with Gasteiger partial charge in [0.1, 0.15) is 5.83 Å². The van der Waals surface area contributed by atoms with Crippen LogP contribution in [0.3, 0.4) is 0 Å². The van der Waals surface area contributed by atoms with Crippen molar-refractivity contribution in [3.05, 3.63) is 53.5 Å². The normalized spacial score (nSPS) is 20.6. The largest absolute Gasteiger partial charge is 0.447 e. The standard InChI is InChI=1S/C31H42FN5O5S2/c1-19(2)42-30(39)36-23-12-8-21(9-13-23)28-33-18-26(43-28)25-15-14-24(16-27(25)44(40,41)37-31(3,4)5)35-29(38)34-17-20-6-10-22(32)11-7-20/h6,10-11,14-16,18-21,23,37H,7-9,12-13,17H2,1-5H3,(H,36,39)(H2,34,35,38). The van der Waals surface area contributed by atoms with Gasteiger partial charge in [-0.05, 0) is 96.9 Å². The minimum absolute atomic E-state index is 0.0252. The van der Waals surface area contributed by atoms with Gasteiger partial charge in [-0.1, -0.05) is 12.1 Å². The summed E-state index contributed by atoms with van der Waals surface area (Å²) in [7, 11) is -3.98. The van der Waals surface area contributed by atoms with Crippen molar-refractivity contribution in [3.8, 4) is 10.4 Å². The van der Waals surface area contributed by atoms with Gasteiger partial charge >= 0.3 is 12.1 Å². The number of nitrogens with one attached hydrogen (secondary N) is 4. The Balaban J connectivity index is 1.48. The van der Waals surface area contributed by atoms with Crippen molar-refractivity contribution in [1.29, 1.82) is 0 Å². The quantitative estimate of drug-likeness (QED) is 0.242. The fourth-order valence-electron chi connectivity index (χ4n) is 5.17. The van der Waals surface area contributed by atoms with E-state index in [0.29, 0.717) is 29.1 Å². The van der Waals surface area contributed by atoms with Crippen LogP contribution in [-0.4, -0.2) is 49.8 Å². The Morgan fingerprint density at radius 3 is 2.52 bits per heavy atom. The van der Waals surface area contributed by atoms with Crippen molar-refractivity contribution in [2.75, 3.05) is 11.9 Å². The van der Waals surface area contributed by atoms with E-state index >= 15 is 0 Å². The van der Waals surface area contributed by atoms with E-state index in [-0.39, 0.29) is 34.7 Å². The highest BCUT2D eigenvalue weighted by Gasteiger charge is 2.29. The molecule has 0 aliphatic heterocycles. The number of alkyl carbamates (subject to hydrolysis) is 1. The number of thiazole rings is 1. The molecule has 4 N–H and O–H groups in total. The molecule has 2 aliphatic carbocycles. The molecule has 1 atom stereocenters. The summed E-state index contributed by atoms with van der Waals surface area (Å²) < 4.78 is 48.3. The van der Waals surface area contributed by atoms with E-state index in [1.165, 1.54) is 29.6 Å². The van der Waals surface area contributed by atoms with Gasteiger partial charge < -0.3 is 20.7 Å². The second-order valence-corrected chi connectivity index (χ2v) is 15.3. The van der Waals surface area contributed by atoms with E-state index in [1.807, 2.05) is 13.8 Å². The molecule has 4 rings (SSSR count). The molecule has 1 heterocycles. The topological polar surface area (TPSA) is 139 Å².